The van der Waals surface area contributed by atoms with E-state index in [0.717, 1.165) is 12.1 Å². The molecule has 0 atom stereocenters. The zero-order valence-electron chi connectivity index (χ0n) is 16.2. The number of hydrogen-bond acceptors (Lipinski definition) is 5. The predicted molar refractivity (Wildman–Crippen MR) is 83.8 cm³/mol. The molecule has 15 heteroatoms. The molecule has 0 spiro atoms. The number of phosphoric ester groups is 1. The SMILES string of the molecule is Cc1ccc(OP(=O)([O-])[O-])c(C(=O)Nc2cc(C(F)(F)F)cc(C(F)(F)F)c2)c1.[Na+].[Na+]. The van der Waals surface area contributed by atoms with Gasteiger partial charge < -0.3 is 24.2 Å². The van der Waals surface area contributed by atoms with E-state index < -0.39 is 54.2 Å². The number of aryl methyl sites for hydroxylation is 1. The third-order valence-electron chi connectivity index (χ3n) is 3.44. The molecule has 31 heavy (non-hydrogen) atoms. The number of amides is 1. The minimum Gasteiger partial charge on any atom is -0.780 e. The number of anilines is 1. The van der Waals surface area contributed by atoms with Gasteiger partial charge in [-0.3, -0.25) is 4.79 Å². The van der Waals surface area contributed by atoms with Crippen molar-refractivity contribution >= 4 is 19.4 Å². The molecule has 0 heterocycles. The largest absolute Gasteiger partial charge is 1.00 e. The van der Waals surface area contributed by atoms with E-state index in [2.05, 4.69) is 4.52 Å². The van der Waals surface area contributed by atoms with Gasteiger partial charge in [0.25, 0.3) is 5.91 Å². The maximum atomic E-state index is 12.9. The summed E-state index contributed by atoms with van der Waals surface area (Å²) in [6.45, 7) is 1.46. The fourth-order valence-electron chi connectivity index (χ4n) is 2.25. The number of phosphoric acid groups is 1. The smallest absolute Gasteiger partial charge is 0.780 e. The molecule has 1 amide bonds. The molecule has 2 rings (SSSR count). The summed E-state index contributed by atoms with van der Waals surface area (Å²) in [5.41, 5.74) is -4.38. The number of rotatable bonds is 4. The van der Waals surface area contributed by atoms with Crippen LogP contribution in [0.2, 0.25) is 0 Å². The molecule has 0 saturated carbocycles. The Labute approximate surface area is 216 Å². The van der Waals surface area contributed by atoms with Gasteiger partial charge in [-0.1, -0.05) is 11.6 Å². The van der Waals surface area contributed by atoms with Gasteiger partial charge in [0, 0.05) is 5.69 Å². The van der Waals surface area contributed by atoms with Crippen LogP contribution in [0.4, 0.5) is 32.0 Å². The van der Waals surface area contributed by atoms with Crippen molar-refractivity contribution in [2.24, 2.45) is 0 Å². The molecule has 1 N–H and O–H groups in total. The van der Waals surface area contributed by atoms with Gasteiger partial charge in [0.1, 0.15) is 13.6 Å². The number of nitrogens with one attached hydrogen (secondary N) is 1. The van der Waals surface area contributed by atoms with E-state index in [4.69, 9.17) is 0 Å². The van der Waals surface area contributed by atoms with Crippen molar-refractivity contribution in [3.05, 3.63) is 58.7 Å². The van der Waals surface area contributed by atoms with E-state index in [-0.39, 0.29) is 77.3 Å². The molecule has 0 aromatic heterocycles. The number of carbonyl (C=O) groups excluding carboxylic acids is 1. The predicted octanol–water partition coefficient (Wildman–Crippen LogP) is -2.50. The van der Waals surface area contributed by atoms with Gasteiger partial charge in [0.05, 0.1) is 16.7 Å². The van der Waals surface area contributed by atoms with Crippen LogP contribution in [0.15, 0.2) is 36.4 Å². The minimum atomic E-state index is -5.59. The summed E-state index contributed by atoms with van der Waals surface area (Å²) in [6.07, 6.45) is -10.3. The Hall–Kier alpha value is -0.560. The summed E-state index contributed by atoms with van der Waals surface area (Å²) in [5, 5.41) is 1.82. The van der Waals surface area contributed by atoms with Gasteiger partial charge in [-0.25, -0.2) is 0 Å². The molecule has 2 aromatic carbocycles. The van der Waals surface area contributed by atoms with E-state index in [9.17, 15) is 45.5 Å². The summed E-state index contributed by atoms with van der Waals surface area (Å²) in [5.74, 6) is -2.02. The molecule has 6 nitrogen and oxygen atoms in total. The van der Waals surface area contributed by atoms with Crippen molar-refractivity contribution in [2.45, 2.75) is 19.3 Å². The monoisotopic (exact) mass is 487 g/mol. The summed E-state index contributed by atoms with van der Waals surface area (Å²) in [4.78, 5) is 33.9. The normalized spacial score (nSPS) is 11.8. The summed E-state index contributed by atoms with van der Waals surface area (Å²) in [6, 6.07) is 3.68. The first-order valence-electron chi connectivity index (χ1n) is 7.49. The van der Waals surface area contributed by atoms with Crippen molar-refractivity contribution in [1.82, 2.24) is 0 Å². The van der Waals surface area contributed by atoms with Crippen LogP contribution in [0.25, 0.3) is 0 Å². The molecule has 0 bridgehead atoms. The van der Waals surface area contributed by atoms with E-state index in [1.54, 1.807) is 0 Å². The molecular weight excluding hydrogens is 477 g/mol. The summed E-state index contributed by atoms with van der Waals surface area (Å²) >= 11 is 0. The van der Waals surface area contributed by atoms with Gasteiger partial charge in [0.2, 0.25) is 0 Å². The topological polar surface area (TPSA) is 102 Å². The maximum Gasteiger partial charge on any atom is 1.00 e. The Morgan fingerprint density at radius 3 is 1.84 bits per heavy atom. The average molecular weight is 487 g/mol. The average Bonchev–Trinajstić information content (AvgIpc) is 2.53. The van der Waals surface area contributed by atoms with Gasteiger partial charge in [-0.05, 0) is 37.3 Å². The van der Waals surface area contributed by atoms with Crippen LogP contribution < -0.4 is 78.7 Å². The molecule has 0 unspecified atom stereocenters. The van der Waals surface area contributed by atoms with E-state index in [1.165, 1.54) is 13.0 Å². The molecule has 0 fully saturated rings. The number of benzene rings is 2. The molecule has 0 aliphatic rings. The van der Waals surface area contributed by atoms with Crippen molar-refractivity contribution in [3.8, 4) is 5.75 Å². The minimum absolute atomic E-state index is 0. The second kappa shape index (κ2) is 11.0. The van der Waals surface area contributed by atoms with Gasteiger partial charge >= 0.3 is 71.5 Å². The number of hydrogen-bond donors (Lipinski definition) is 1. The second-order valence-electron chi connectivity index (χ2n) is 5.79. The third-order valence-corrected chi connectivity index (χ3v) is 3.86. The van der Waals surface area contributed by atoms with E-state index in [0.29, 0.717) is 5.56 Å². The Kier molecular flexibility index (Phi) is 10.8. The van der Waals surface area contributed by atoms with Crippen molar-refractivity contribution in [3.63, 3.8) is 0 Å². The quantitative estimate of drug-likeness (QED) is 0.292. The molecular formula is C16H10F6NNa2O5P. The standard InChI is InChI=1S/C16H12F6NO5P.2Na/c1-8-2-3-13(28-29(25,26)27)12(4-8)14(24)23-11-6-9(15(17,18)19)5-10(7-11)16(20,21)22;;/h2-7H,1H3,(H,23,24)(H2,25,26,27);;/q;2*+1/p-2. The molecule has 0 saturated heterocycles. The number of alkyl halides is 6. The second-order valence-corrected chi connectivity index (χ2v) is 6.86. The molecule has 2 aromatic rings. The Morgan fingerprint density at radius 2 is 1.42 bits per heavy atom. The van der Waals surface area contributed by atoms with E-state index >= 15 is 0 Å². The maximum absolute atomic E-state index is 12.9. The van der Waals surface area contributed by atoms with Crippen LogP contribution in [0, 0.1) is 6.92 Å². The first-order valence-corrected chi connectivity index (χ1v) is 8.95. The van der Waals surface area contributed by atoms with Crippen molar-refractivity contribution in [1.29, 1.82) is 0 Å². The zero-order valence-corrected chi connectivity index (χ0v) is 21.1. The fourth-order valence-corrected chi connectivity index (χ4v) is 2.65. The van der Waals surface area contributed by atoms with Crippen LogP contribution in [0.3, 0.4) is 0 Å². The summed E-state index contributed by atoms with van der Waals surface area (Å²) < 4.78 is 92.3. The Balaban J connectivity index is 0.00000450. The van der Waals surface area contributed by atoms with E-state index in [1.807, 2.05) is 5.32 Å². The number of halogens is 6. The van der Waals surface area contributed by atoms with Crippen LogP contribution in [-0.4, -0.2) is 5.91 Å². The molecule has 158 valence electrons. The van der Waals surface area contributed by atoms with Crippen LogP contribution >= 0.6 is 7.82 Å². The van der Waals surface area contributed by atoms with Crippen molar-refractivity contribution < 1.29 is 109 Å². The van der Waals surface area contributed by atoms with Crippen LogP contribution in [0.5, 0.6) is 5.75 Å². The Bertz CT molecular complexity index is 961. The fraction of sp³-hybridized carbons (Fsp3) is 0.188. The molecule has 0 aliphatic carbocycles. The first kappa shape index (κ1) is 30.4. The van der Waals surface area contributed by atoms with Crippen LogP contribution in [0.1, 0.15) is 27.0 Å². The van der Waals surface area contributed by atoms with Crippen LogP contribution in [-0.2, 0) is 16.9 Å². The molecule has 0 radical (unpaired) electrons. The Morgan fingerprint density at radius 1 is 0.935 bits per heavy atom. The van der Waals surface area contributed by atoms with Gasteiger partial charge in [-0.2, -0.15) is 26.3 Å². The third kappa shape index (κ3) is 9.07. The zero-order chi connectivity index (χ0) is 22.2. The summed E-state index contributed by atoms with van der Waals surface area (Å²) in [7, 11) is -5.59. The molecule has 0 aliphatic heterocycles. The van der Waals surface area contributed by atoms with Gasteiger partial charge in [0.15, 0.2) is 0 Å². The first-order chi connectivity index (χ1) is 13.1. The number of carbonyl (C=O) groups is 1. The van der Waals surface area contributed by atoms with Crippen molar-refractivity contribution in [2.75, 3.05) is 5.32 Å². The van der Waals surface area contributed by atoms with Gasteiger partial charge in [-0.15, -0.1) is 0 Å².